The molecule has 2 saturated heterocycles. The van der Waals surface area contributed by atoms with Gasteiger partial charge in [0.05, 0.1) is 0 Å². The predicted molar refractivity (Wildman–Crippen MR) is 198 cm³/mol. The summed E-state index contributed by atoms with van der Waals surface area (Å²) in [5, 5.41) is 0. The lowest BCUT2D eigenvalue weighted by Crippen LogP contribution is -2.83. The molecule has 0 aromatic carbocycles. The Balaban J connectivity index is 3.11. The Hall–Kier alpha value is 1.92. The number of fused-ring (bicyclic) bond motifs is 2. The molecule has 0 saturated carbocycles. The van der Waals surface area contributed by atoms with Gasteiger partial charge in [-0.1, -0.05) is 0 Å². The van der Waals surface area contributed by atoms with Crippen molar-refractivity contribution in [3.05, 3.63) is 0 Å². The van der Waals surface area contributed by atoms with Crippen LogP contribution < -0.4 is 0 Å². The van der Waals surface area contributed by atoms with Crippen LogP contribution in [0.1, 0.15) is 0 Å². The molecular formula is C18H58O17Si12. The largest absolute Gasteiger partial charge is 0.654 e. The molecule has 0 aromatic rings. The van der Waals surface area contributed by atoms with E-state index in [2.05, 4.69) is 0 Å². The number of hydrogen-bond acceptors (Lipinski definition) is 17. The lowest BCUT2D eigenvalue weighted by atomic mass is 11.8. The molecule has 0 aromatic heterocycles. The van der Waals surface area contributed by atoms with Crippen molar-refractivity contribution in [1.82, 2.24) is 0 Å². The van der Waals surface area contributed by atoms with Crippen molar-refractivity contribution in [3.8, 4) is 0 Å². The van der Waals surface area contributed by atoms with Gasteiger partial charge in [-0.15, -0.1) is 0 Å². The molecule has 2 rings (SSSR count). The summed E-state index contributed by atoms with van der Waals surface area (Å²) < 4.78 is 81.2. The molecule has 0 spiro atoms. The van der Waals surface area contributed by atoms with E-state index in [0.717, 1.165) is 0 Å². The van der Waals surface area contributed by atoms with Gasteiger partial charge in [0.15, 0.2) is 49.9 Å². The van der Waals surface area contributed by atoms with E-state index < -0.39 is 104 Å². The van der Waals surface area contributed by atoms with Gasteiger partial charge in [0.1, 0.15) is 0 Å². The van der Waals surface area contributed by atoms with Gasteiger partial charge in [0.25, 0.3) is 0 Å². The second-order valence-corrected chi connectivity index (χ2v) is 59.3. The molecule has 17 nitrogen and oxygen atoms in total. The van der Waals surface area contributed by atoms with Crippen LogP contribution in [0, 0.1) is 0 Å². The van der Waals surface area contributed by atoms with Crippen LogP contribution in [0.3, 0.4) is 0 Å². The Morgan fingerprint density at radius 1 is 0.277 bits per heavy atom. The third kappa shape index (κ3) is 15.8. The molecule has 0 aliphatic carbocycles. The third-order valence-electron chi connectivity index (χ3n) is 4.38. The average molecular weight is 884 g/mol. The molecule has 280 valence electrons. The van der Waals surface area contributed by atoms with Crippen LogP contribution in [0.2, 0.25) is 118 Å². The topological polar surface area (TPSA) is 201 Å². The van der Waals surface area contributed by atoms with Crippen molar-refractivity contribution in [2.45, 2.75) is 118 Å². The molecule has 4 N–H and O–H groups in total. The minimum atomic E-state index is -5.15. The highest BCUT2D eigenvalue weighted by Gasteiger charge is 2.81. The second-order valence-electron chi connectivity index (χ2n) is 17.1. The summed E-state index contributed by atoms with van der Waals surface area (Å²) >= 11 is 0. The van der Waals surface area contributed by atoms with E-state index in [0.29, 0.717) is 0 Å². The maximum atomic E-state index is 12.1. The zero-order valence-corrected chi connectivity index (χ0v) is 43.1. The highest BCUT2D eigenvalue weighted by atomic mass is 28.6. The summed E-state index contributed by atoms with van der Waals surface area (Å²) in [4.78, 5) is 48.6. The van der Waals surface area contributed by atoms with Crippen LogP contribution >= 0.6 is 0 Å². The fourth-order valence-corrected chi connectivity index (χ4v) is 44.2. The molecule has 4 atom stereocenters. The summed E-state index contributed by atoms with van der Waals surface area (Å²) in [5.41, 5.74) is 0. The van der Waals surface area contributed by atoms with Crippen molar-refractivity contribution in [1.29, 1.82) is 0 Å². The summed E-state index contributed by atoms with van der Waals surface area (Å²) in [6, 6.07) is 0. The van der Waals surface area contributed by atoms with Crippen molar-refractivity contribution < 1.29 is 72.7 Å². The van der Waals surface area contributed by atoms with Crippen LogP contribution in [-0.4, -0.2) is 123 Å². The van der Waals surface area contributed by atoms with E-state index in [1.54, 1.807) is 118 Å². The van der Waals surface area contributed by atoms with Crippen LogP contribution in [-0.2, 0) is 53.5 Å². The molecule has 29 heteroatoms. The quantitative estimate of drug-likeness (QED) is 0.208. The Labute approximate surface area is 293 Å². The van der Waals surface area contributed by atoms with Crippen molar-refractivity contribution in [3.63, 3.8) is 0 Å². The Bertz CT molecular complexity index is 958. The summed E-state index contributed by atoms with van der Waals surface area (Å²) in [7, 11) is -47.7. The molecule has 47 heavy (non-hydrogen) atoms. The Morgan fingerprint density at radius 3 is 0.596 bits per heavy atom. The molecular weight excluding hydrogens is 825 g/mol. The van der Waals surface area contributed by atoms with Gasteiger partial charge in [-0.05, 0) is 118 Å². The van der Waals surface area contributed by atoms with Crippen LogP contribution in [0.25, 0.3) is 0 Å². The molecule has 2 bridgehead atoms. The molecule has 2 heterocycles. The predicted octanol–water partition coefficient (Wildman–Crippen LogP) is 2.82. The Morgan fingerprint density at radius 2 is 0.447 bits per heavy atom. The van der Waals surface area contributed by atoms with E-state index in [1.807, 2.05) is 0 Å². The van der Waals surface area contributed by atoms with Gasteiger partial charge in [-0.25, -0.2) is 0 Å². The Kier molecular flexibility index (Phi) is 13.4. The second kappa shape index (κ2) is 14.0. The van der Waals surface area contributed by atoms with Crippen LogP contribution in [0.5, 0.6) is 0 Å². The van der Waals surface area contributed by atoms with Crippen molar-refractivity contribution in [2.24, 2.45) is 0 Å². The summed E-state index contributed by atoms with van der Waals surface area (Å²) in [6.07, 6.45) is 0. The minimum absolute atomic E-state index is 1.76. The van der Waals surface area contributed by atoms with Crippen LogP contribution in [0.15, 0.2) is 0 Å². The van der Waals surface area contributed by atoms with E-state index >= 15 is 0 Å². The van der Waals surface area contributed by atoms with Gasteiger partial charge in [0.2, 0.25) is 0 Å². The molecule has 2 fully saturated rings. The fourth-order valence-electron chi connectivity index (χ4n) is 3.91. The maximum Gasteiger partial charge on any atom is 0.654 e. The molecule has 2 aliphatic rings. The fraction of sp³-hybridized carbons (Fsp3) is 1.00. The van der Waals surface area contributed by atoms with Crippen LogP contribution in [0.4, 0.5) is 0 Å². The SMILES string of the molecule is C[Si](C)(C)O[Si]1(O)O[Si](O)(O[Si](C)(C)C)O[Si]2(O[Si](C)(C)C)O[Si](O)(O[Si](C)(C)C)O[Si](O)(O[Si](C)(C)C)O[Si](O[Si](C)(C)C)(O1)O2. The van der Waals surface area contributed by atoms with E-state index in [1.165, 1.54) is 0 Å². The van der Waals surface area contributed by atoms with Gasteiger partial charge in [-0.2, -0.15) is 0 Å². The lowest BCUT2D eigenvalue weighted by Gasteiger charge is -2.51. The standard InChI is InChI=1S/C18H58O17Si12/c1-36(2,3)23-42(19)29-43(20,24-37(4,5)6)32-47(28-41(16,17)18)34-45(22,26-39(10,11)12)30-44(21,25-38(7,8)9)33-46(31-42,35-47)27-40(13,14)15/h19-22H,1-18H3. The first-order valence-electron chi connectivity index (χ1n) is 15.2. The molecule has 4 unspecified atom stereocenters. The molecule has 0 radical (unpaired) electrons. The first-order valence-corrected chi connectivity index (χ1v) is 45.6. The number of rotatable bonds is 12. The van der Waals surface area contributed by atoms with E-state index in [9.17, 15) is 19.2 Å². The summed E-state index contributed by atoms with van der Waals surface area (Å²) in [6.45, 7) is 31.8. The minimum Gasteiger partial charge on any atom is -0.396 e. The zero-order chi connectivity index (χ0) is 37.2. The number of hydrogen-bond donors (Lipinski definition) is 4. The van der Waals surface area contributed by atoms with E-state index in [-0.39, 0.29) is 0 Å². The zero-order valence-electron chi connectivity index (χ0n) is 31.1. The lowest BCUT2D eigenvalue weighted by molar-refractivity contribution is -0.0706. The highest BCUT2D eigenvalue weighted by molar-refractivity contribution is 6.96. The van der Waals surface area contributed by atoms with Crippen molar-refractivity contribution in [2.75, 3.05) is 0 Å². The molecule has 2 aliphatic heterocycles. The van der Waals surface area contributed by atoms with Gasteiger partial charge in [0, 0.05) is 0 Å². The monoisotopic (exact) mass is 882 g/mol. The maximum absolute atomic E-state index is 12.1. The van der Waals surface area contributed by atoms with Crippen molar-refractivity contribution >= 4 is 104 Å². The van der Waals surface area contributed by atoms with Gasteiger partial charge in [-0.3, -0.25) is 0 Å². The van der Waals surface area contributed by atoms with Gasteiger partial charge >= 0.3 is 54.3 Å². The summed E-state index contributed by atoms with van der Waals surface area (Å²) in [5.74, 6) is 0. The average Bonchev–Trinajstić information content (AvgIpc) is 2.52. The smallest absolute Gasteiger partial charge is 0.396 e. The first kappa shape index (κ1) is 45.1. The van der Waals surface area contributed by atoms with Gasteiger partial charge < -0.3 is 72.7 Å². The normalized spacial score (nSPS) is 37.1. The first-order chi connectivity index (χ1) is 20.2. The van der Waals surface area contributed by atoms with E-state index in [4.69, 9.17) is 53.5 Å². The highest BCUT2D eigenvalue weighted by Crippen LogP contribution is 2.42. The third-order valence-corrected chi connectivity index (χ3v) is 39.5. The molecule has 0 amide bonds.